The molecule has 16 heavy (non-hydrogen) atoms. The lowest BCUT2D eigenvalue weighted by molar-refractivity contribution is -0.0601. The highest BCUT2D eigenvalue weighted by molar-refractivity contribution is 6.35. The van der Waals surface area contributed by atoms with E-state index < -0.39 is 0 Å². The number of methoxy groups -OCH3 is 1. The van der Waals surface area contributed by atoms with Crippen molar-refractivity contribution in [2.75, 3.05) is 19.0 Å². The van der Waals surface area contributed by atoms with Crippen molar-refractivity contribution in [2.24, 2.45) is 0 Å². The molecule has 1 fully saturated rings. The highest BCUT2D eigenvalue weighted by atomic mass is 35.5. The number of anilines is 1. The van der Waals surface area contributed by atoms with Gasteiger partial charge in [0.25, 0.3) is 0 Å². The molecule has 0 unspecified atom stereocenters. The molecule has 1 aromatic heterocycles. The fourth-order valence-electron chi connectivity index (χ4n) is 1.81. The predicted octanol–water partition coefficient (Wildman–Crippen LogP) is 3.37. The van der Waals surface area contributed by atoms with E-state index in [2.05, 4.69) is 10.3 Å². The molecule has 2 rings (SSSR count). The smallest absolute Gasteiger partial charge is 0.144 e. The van der Waals surface area contributed by atoms with Gasteiger partial charge < -0.3 is 10.1 Å². The third-order valence-corrected chi connectivity index (χ3v) is 3.58. The molecule has 3 nitrogen and oxygen atoms in total. The maximum atomic E-state index is 6.01. The second kappa shape index (κ2) is 4.78. The summed E-state index contributed by atoms with van der Waals surface area (Å²) in [5, 5.41) is 4.29. The first kappa shape index (κ1) is 12.0. The van der Waals surface area contributed by atoms with Gasteiger partial charge in [-0.3, -0.25) is 0 Å². The van der Waals surface area contributed by atoms with Gasteiger partial charge in [0.15, 0.2) is 0 Å². The number of nitrogens with zero attached hydrogens (tertiary/aromatic N) is 1. The predicted molar refractivity (Wildman–Crippen MR) is 66.3 cm³/mol. The Bertz CT molecular complexity index is 375. The van der Waals surface area contributed by atoms with Gasteiger partial charge in [0, 0.05) is 19.9 Å². The van der Waals surface area contributed by atoms with Crippen LogP contribution in [0.4, 0.5) is 5.82 Å². The second-order valence-corrected chi connectivity index (χ2v) is 4.92. The average molecular weight is 261 g/mol. The van der Waals surface area contributed by atoms with Crippen LogP contribution in [0.3, 0.4) is 0 Å². The van der Waals surface area contributed by atoms with Crippen LogP contribution in [-0.4, -0.2) is 24.2 Å². The van der Waals surface area contributed by atoms with E-state index in [1.807, 2.05) is 0 Å². The van der Waals surface area contributed by atoms with Gasteiger partial charge in [-0.05, 0) is 25.3 Å². The maximum Gasteiger partial charge on any atom is 0.144 e. The van der Waals surface area contributed by atoms with Crippen LogP contribution < -0.4 is 5.32 Å². The van der Waals surface area contributed by atoms with Crippen molar-refractivity contribution in [3.05, 3.63) is 22.3 Å². The van der Waals surface area contributed by atoms with Crippen LogP contribution in [0.5, 0.6) is 0 Å². The zero-order valence-corrected chi connectivity index (χ0v) is 10.6. The lowest BCUT2D eigenvalue weighted by atomic mass is 9.80. The summed E-state index contributed by atoms with van der Waals surface area (Å²) < 4.78 is 5.50. The third kappa shape index (κ3) is 2.42. The van der Waals surface area contributed by atoms with E-state index in [1.165, 1.54) is 6.42 Å². The maximum absolute atomic E-state index is 6.01. The van der Waals surface area contributed by atoms with E-state index >= 15 is 0 Å². The van der Waals surface area contributed by atoms with E-state index in [1.54, 1.807) is 19.4 Å². The molecule has 0 aromatic carbocycles. The molecule has 0 atom stereocenters. The number of rotatable bonds is 4. The molecular formula is C11H14Cl2N2O. The minimum Gasteiger partial charge on any atom is -0.376 e. The molecule has 5 heteroatoms. The summed E-state index contributed by atoms with van der Waals surface area (Å²) in [4.78, 5) is 4.14. The van der Waals surface area contributed by atoms with Crippen molar-refractivity contribution in [2.45, 2.75) is 24.9 Å². The van der Waals surface area contributed by atoms with Crippen molar-refractivity contribution in [1.29, 1.82) is 0 Å². The molecule has 1 saturated carbocycles. The van der Waals surface area contributed by atoms with Crippen LogP contribution in [0, 0.1) is 0 Å². The highest BCUT2D eigenvalue weighted by Gasteiger charge is 2.36. The molecule has 1 aliphatic carbocycles. The number of ether oxygens (including phenoxy) is 1. The summed E-state index contributed by atoms with van der Waals surface area (Å²) >= 11 is 11.8. The van der Waals surface area contributed by atoms with Crippen molar-refractivity contribution in [3.8, 4) is 0 Å². The molecule has 0 radical (unpaired) electrons. The van der Waals surface area contributed by atoms with E-state index in [9.17, 15) is 0 Å². The first-order valence-corrected chi connectivity index (χ1v) is 6.01. The minimum atomic E-state index is -0.0371. The molecule has 0 spiro atoms. The lowest BCUT2D eigenvalue weighted by Crippen LogP contribution is -2.45. The Morgan fingerprint density at radius 2 is 2.25 bits per heavy atom. The van der Waals surface area contributed by atoms with E-state index in [-0.39, 0.29) is 5.60 Å². The summed E-state index contributed by atoms with van der Waals surface area (Å²) in [6, 6.07) is 1.68. The quantitative estimate of drug-likeness (QED) is 0.902. The Morgan fingerprint density at radius 1 is 1.50 bits per heavy atom. The van der Waals surface area contributed by atoms with Gasteiger partial charge in [0.2, 0.25) is 0 Å². The fourth-order valence-corrected chi connectivity index (χ4v) is 2.26. The van der Waals surface area contributed by atoms with Gasteiger partial charge in [-0.2, -0.15) is 0 Å². The number of hydrogen-bond donors (Lipinski definition) is 1. The SMILES string of the molecule is COC1(CNc2ncc(Cl)cc2Cl)CCC1. The van der Waals surface area contributed by atoms with E-state index in [0.29, 0.717) is 15.9 Å². The van der Waals surface area contributed by atoms with Crippen LogP contribution in [0.25, 0.3) is 0 Å². The molecule has 1 N–H and O–H groups in total. The number of hydrogen-bond acceptors (Lipinski definition) is 3. The van der Waals surface area contributed by atoms with Gasteiger partial charge in [-0.25, -0.2) is 4.98 Å². The summed E-state index contributed by atoms with van der Waals surface area (Å²) in [6.45, 7) is 0.734. The lowest BCUT2D eigenvalue weighted by Gasteiger charge is -2.40. The highest BCUT2D eigenvalue weighted by Crippen LogP contribution is 2.35. The number of halogens is 2. The average Bonchev–Trinajstić information content (AvgIpc) is 2.19. The Labute approximate surface area is 105 Å². The third-order valence-electron chi connectivity index (χ3n) is 3.08. The monoisotopic (exact) mass is 260 g/mol. The van der Waals surface area contributed by atoms with Gasteiger partial charge >= 0.3 is 0 Å². The van der Waals surface area contributed by atoms with Crippen LogP contribution in [0.2, 0.25) is 10.0 Å². The summed E-state index contributed by atoms with van der Waals surface area (Å²) in [5.74, 6) is 0.661. The molecule has 88 valence electrons. The summed E-state index contributed by atoms with van der Waals surface area (Å²) in [7, 11) is 1.75. The zero-order chi connectivity index (χ0) is 11.6. The second-order valence-electron chi connectivity index (χ2n) is 4.08. The molecule has 0 bridgehead atoms. The van der Waals surface area contributed by atoms with Gasteiger partial charge in [0.05, 0.1) is 15.6 Å². The van der Waals surface area contributed by atoms with Crippen molar-refractivity contribution < 1.29 is 4.74 Å². The fraction of sp³-hybridized carbons (Fsp3) is 0.545. The first-order chi connectivity index (χ1) is 7.65. The minimum absolute atomic E-state index is 0.0371. The molecule has 0 saturated heterocycles. The number of aromatic nitrogens is 1. The van der Waals surface area contributed by atoms with Crippen LogP contribution in [0.15, 0.2) is 12.3 Å². The van der Waals surface area contributed by atoms with Crippen molar-refractivity contribution >= 4 is 29.0 Å². The topological polar surface area (TPSA) is 34.1 Å². The van der Waals surface area contributed by atoms with E-state index in [4.69, 9.17) is 27.9 Å². The van der Waals surface area contributed by atoms with Gasteiger partial charge in [-0.1, -0.05) is 23.2 Å². The standard InChI is InChI=1S/C11H14Cl2N2O/c1-16-11(3-2-4-11)7-15-10-9(13)5-8(12)6-14-10/h5-6H,2-4,7H2,1H3,(H,14,15). The van der Waals surface area contributed by atoms with Gasteiger partial charge in [-0.15, -0.1) is 0 Å². The largest absolute Gasteiger partial charge is 0.376 e. The normalized spacial score (nSPS) is 17.9. The van der Waals surface area contributed by atoms with Crippen LogP contribution in [-0.2, 0) is 4.74 Å². The molecule has 0 amide bonds. The summed E-state index contributed by atoms with van der Waals surface area (Å²) in [6.07, 6.45) is 4.97. The van der Waals surface area contributed by atoms with Crippen molar-refractivity contribution in [1.82, 2.24) is 4.98 Å². The summed E-state index contributed by atoms with van der Waals surface area (Å²) in [5.41, 5.74) is -0.0371. The Kier molecular flexibility index (Phi) is 3.57. The van der Waals surface area contributed by atoms with Gasteiger partial charge in [0.1, 0.15) is 5.82 Å². The Hall–Kier alpha value is -0.510. The Balaban J connectivity index is 1.99. The molecule has 1 heterocycles. The van der Waals surface area contributed by atoms with E-state index in [0.717, 1.165) is 19.4 Å². The first-order valence-electron chi connectivity index (χ1n) is 5.25. The zero-order valence-electron chi connectivity index (χ0n) is 9.09. The molecule has 1 aromatic rings. The number of nitrogens with one attached hydrogen (secondary N) is 1. The molecule has 1 aliphatic rings. The van der Waals surface area contributed by atoms with Crippen molar-refractivity contribution in [3.63, 3.8) is 0 Å². The molecular weight excluding hydrogens is 247 g/mol. The number of pyridine rings is 1. The van der Waals surface area contributed by atoms with Crippen LogP contribution >= 0.6 is 23.2 Å². The molecule has 0 aliphatic heterocycles. The van der Waals surface area contributed by atoms with Crippen LogP contribution in [0.1, 0.15) is 19.3 Å². The Morgan fingerprint density at radius 3 is 2.75 bits per heavy atom.